The summed E-state index contributed by atoms with van der Waals surface area (Å²) in [5.74, 6) is 2.82. The molecule has 0 bridgehead atoms. The molecule has 6 nitrogen and oxygen atoms in total. The fourth-order valence-corrected chi connectivity index (χ4v) is 3.79. The molecule has 1 N–H and O–H groups in total. The van der Waals surface area contributed by atoms with E-state index in [9.17, 15) is 0 Å². The summed E-state index contributed by atoms with van der Waals surface area (Å²) in [7, 11) is 0. The number of halogens is 1. The fraction of sp³-hybridized carbons (Fsp3) is 0.500. The normalized spacial score (nSPS) is 18.7. The van der Waals surface area contributed by atoms with Gasteiger partial charge in [0.05, 0.1) is 0 Å². The van der Waals surface area contributed by atoms with Gasteiger partial charge in [-0.05, 0) is 30.8 Å². The van der Waals surface area contributed by atoms with Crippen molar-refractivity contribution in [2.45, 2.75) is 6.92 Å². The van der Waals surface area contributed by atoms with Crippen LogP contribution in [0.1, 0.15) is 6.92 Å². The molecule has 0 unspecified atom stereocenters. The number of hydrogen-bond donors (Lipinski definition) is 1. The lowest BCUT2D eigenvalue weighted by Gasteiger charge is -2.35. The van der Waals surface area contributed by atoms with Gasteiger partial charge >= 0.3 is 0 Å². The molecular weight excluding hydrogens is 360 g/mol. The number of hydrogen-bond acceptors (Lipinski definition) is 6. The molecule has 2 fully saturated rings. The van der Waals surface area contributed by atoms with Crippen LogP contribution in [-0.4, -0.2) is 73.8 Å². The third-order valence-electron chi connectivity index (χ3n) is 5.39. The van der Waals surface area contributed by atoms with Crippen molar-refractivity contribution in [3.05, 3.63) is 35.4 Å². The zero-order valence-corrected chi connectivity index (χ0v) is 16.6. The zero-order valence-electron chi connectivity index (χ0n) is 15.9. The van der Waals surface area contributed by atoms with Crippen LogP contribution in [0.15, 0.2) is 30.3 Å². The van der Waals surface area contributed by atoms with E-state index in [1.54, 1.807) is 0 Å². The van der Waals surface area contributed by atoms with E-state index >= 15 is 0 Å². The van der Waals surface area contributed by atoms with Gasteiger partial charge < -0.3 is 20.0 Å². The highest BCUT2D eigenvalue weighted by molar-refractivity contribution is 6.30. The summed E-state index contributed by atoms with van der Waals surface area (Å²) in [6.07, 6.45) is 0. The predicted molar refractivity (Wildman–Crippen MR) is 112 cm³/mol. The number of anilines is 2. The first kappa shape index (κ1) is 18.5. The number of benzene rings is 1. The van der Waals surface area contributed by atoms with Crippen LogP contribution >= 0.6 is 11.6 Å². The average Bonchev–Trinajstić information content (AvgIpc) is 2.74. The van der Waals surface area contributed by atoms with Crippen LogP contribution in [0.2, 0.25) is 5.02 Å². The molecule has 27 heavy (non-hydrogen) atoms. The van der Waals surface area contributed by atoms with E-state index in [1.165, 1.54) is 0 Å². The maximum Gasteiger partial charge on any atom is 0.163 e. The Morgan fingerprint density at radius 2 is 1.48 bits per heavy atom. The molecule has 0 radical (unpaired) electrons. The SMILES string of the molecule is CCN1CCN(c2cc(N3CCNCC3)nc(-c3ccc(Cl)cc3)n2)CC1. The van der Waals surface area contributed by atoms with Crippen molar-refractivity contribution >= 4 is 23.2 Å². The second-order valence-electron chi connectivity index (χ2n) is 7.07. The Balaban J connectivity index is 1.67. The molecule has 7 heteroatoms. The molecule has 0 amide bonds. The highest BCUT2D eigenvalue weighted by Gasteiger charge is 2.21. The van der Waals surface area contributed by atoms with E-state index in [0.29, 0.717) is 0 Å². The number of likely N-dealkylation sites (N-methyl/N-ethyl adjacent to an activating group) is 1. The van der Waals surface area contributed by atoms with Gasteiger partial charge in [-0.1, -0.05) is 18.5 Å². The minimum absolute atomic E-state index is 0.730. The third-order valence-corrected chi connectivity index (χ3v) is 5.64. The lowest BCUT2D eigenvalue weighted by atomic mass is 10.2. The number of piperazine rings is 2. The summed E-state index contributed by atoms with van der Waals surface area (Å²) in [6, 6.07) is 9.96. The maximum absolute atomic E-state index is 6.06. The standard InChI is InChI=1S/C20H27ClN6/c1-2-25-11-13-27(14-12-25)19-15-18(26-9-7-22-8-10-26)23-20(24-19)16-3-5-17(21)6-4-16/h3-6,15,22H,2,7-14H2,1H3. The Hall–Kier alpha value is -1.89. The van der Waals surface area contributed by atoms with E-state index in [1.807, 2.05) is 24.3 Å². The third kappa shape index (κ3) is 4.34. The van der Waals surface area contributed by atoms with Gasteiger partial charge in [-0.2, -0.15) is 0 Å². The fourth-order valence-electron chi connectivity index (χ4n) is 3.66. The second-order valence-corrected chi connectivity index (χ2v) is 7.51. The van der Waals surface area contributed by atoms with Crippen molar-refractivity contribution in [3.63, 3.8) is 0 Å². The first-order chi connectivity index (χ1) is 13.2. The van der Waals surface area contributed by atoms with Crippen LogP contribution in [0, 0.1) is 0 Å². The molecule has 2 saturated heterocycles. The van der Waals surface area contributed by atoms with Gasteiger partial charge in [0.2, 0.25) is 0 Å². The molecule has 0 spiro atoms. The number of aromatic nitrogens is 2. The molecule has 2 aliphatic rings. The van der Waals surface area contributed by atoms with Gasteiger partial charge in [0.25, 0.3) is 0 Å². The monoisotopic (exact) mass is 386 g/mol. The molecule has 0 aliphatic carbocycles. The second kappa shape index (κ2) is 8.42. The van der Waals surface area contributed by atoms with E-state index in [2.05, 4.69) is 33.0 Å². The number of rotatable bonds is 4. The number of nitrogens with one attached hydrogen (secondary N) is 1. The maximum atomic E-state index is 6.06. The molecule has 2 aromatic rings. The van der Waals surface area contributed by atoms with Gasteiger partial charge in [0, 0.05) is 69.0 Å². The summed E-state index contributed by atoms with van der Waals surface area (Å²) < 4.78 is 0. The Morgan fingerprint density at radius 1 is 0.889 bits per heavy atom. The van der Waals surface area contributed by atoms with Crippen molar-refractivity contribution in [1.29, 1.82) is 0 Å². The Labute approximate surface area is 166 Å². The molecule has 2 aliphatic heterocycles. The number of nitrogens with zero attached hydrogens (tertiary/aromatic N) is 5. The zero-order chi connectivity index (χ0) is 18.6. The van der Waals surface area contributed by atoms with Crippen molar-refractivity contribution in [2.24, 2.45) is 0 Å². The predicted octanol–water partition coefficient (Wildman–Crippen LogP) is 2.35. The van der Waals surface area contributed by atoms with Gasteiger partial charge in [0.15, 0.2) is 5.82 Å². The molecule has 1 aromatic carbocycles. The van der Waals surface area contributed by atoms with E-state index < -0.39 is 0 Å². The highest BCUT2D eigenvalue weighted by atomic mass is 35.5. The molecule has 0 atom stereocenters. The van der Waals surface area contributed by atoms with Crippen LogP contribution < -0.4 is 15.1 Å². The van der Waals surface area contributed by atoms with Crippen LogP contribution in [0.25, 0.3) is 11.4 Å². The van der Waals surface area contributed by atoms with Crippen LogP contribution in [0.5, 0.6) is 0 Å². The molecule has 1 aromatic heterocycles. The summed E-state index contributed by atoms with van der Waals surface area (Å²) in [6.45, 7) is 11.4. The quantitative estimate of drug-likeness (QED) is 0.870. The van der Waals surface area contributed by atoms with E-state index in [0.717, 1.165) is 86.9 Å². The summed E-state index contributed by atoms with van der Waals surface area (Å²) in [5, 5.41) is 4.14. The van der Waals surface area contributed by atoms with Crippen LogP contribution in [0.3, 0.4) is 0 Å². The molecule has 0 saturated carbocycles. The summed E-state index contributed by atoms with van der Waals surface area (Å²) in [4.78, 5) is 17.0. The van der Waals surface area contributed by atoms with Gasteiger partial charge in [-0.15, -0.1) is 0 Å². The van der Waals surface area contributed by atoms with Gasteiger partial charge in [0.1, 0.15) is 11.6 Å². The smallest absolute Gasteiger partial charge is 0.163 e. The molecular formula is C20H27ClN6. The average molecular weight is 387 g/mol. The van der Waals surface area contributed by atoms with Crippen LogP contribution in [-0.2, 0) is 0 Å². The van der Waals surface area contributed by atoms with Crippen LogP contribution in [0.4, 0.5) is 11.6 Å². The molecule has 144 valence electrons. The first-order valence-corrected chi connectivity index (χ1v) is 10.2. The lowest BCUT2D eigenvalue weighted by Crippen LogP contribution is -2.47. The van der Waals surface area contributed by atoms with Crippen molar-refractivity contribution in [2.75, 3.05) is 68.7 Å². The van der Waals surface area contributed by atoms with Gasteiger partial charge in [-0.25, -0.2) is 9.97 Å². The van der Waals surface area contributed by atoms with E-state index in [4.69, 9.17) is 21.6 Å². The topological polar surface area (TPSA) is 47.5 Å². The lowest BCUT2D eigenvalue weighted by molar-refractivity contribution is 0.270. The summed E-state index contributed by atoms with van der Waals surface area (Å²) in [5.41, 5.74) is 1.00. The first-order valence-electron chi connectivity index (χ1n) is 9.81. The summed E-state index contributed by atoms with van der Waals surface area (Å²) >= 11 is 6.06. The van der Waals surface area contributed by atoms with E-state index in [-0.39, 0.29) is 0 Å². The van der Waals surface area contributed by atoms with Gasteiger partial charge in [-0.3, -0.25) is 0 Å². The van der Waals surface area contributed by atoms with Crippen molar-refractivity contribution in [3.8, 4) is 11.4 Å². The Kier molecular flexibility index (Phi) is 5.76. The molecule has 3 heterocycles. The highest BCUT2D eigenvalue weighted by Crippen LogP contribution is 2.26. The minimum Gasteiger partial charge on any atom is -0.354 e. The molecule has 4 rings (SSSR count). The van der Waals surface area contributed by atoms with Crippen molar-refractivity contribution < 1.29 is 0 Å². The Morgan fingerprint density at radius 3 is 2.07 bits per heavy atom. The minimum atomic E-state index is 0.730. The largest absolute Gasteiger partial charge is 0.354 e. The van der Waals surface area contributed by atoms with Crippen molar-refractivity contribution in [1.82, 2.24) is 20.2 Å². The Bertz CT molecular complexity index is 752.